The van der Waals surface area contributed by atoms with Gasteiger partial charge in [0, 0.05) is 24.5 Å². The van der Waals surface area contributed by atoms with Gasteiger partial charge in [0.2, 0.25) is 5.91 Å². The van der Waals surface area contributed by atoms with E-state index >= 15 is 0 Å². The number of nitrogens with zero attached hydrogens (tertiary/aromatic N) is 1. The van der Waals surface area contributed by atoms with Crippen molar-refractivity contribution in [1.82, 2.24) is 0 Å². The Bertz CT molecular complexity index is 1120. The molecule has 0 radical (unpaired) electrons. The molecule has 0 unspecified atom stereocenters. The van der Waals surface area contributed by atoms with Crippen LogP contribution in [0.3, 0.4) is 0 Å². The second-order valence-corrected chi connectivity index (χ2v) is 8.54. The summed E-state index contributed by atoms with van der Waals surface area (Å²) in [4.78, 5) is 42.3. The van der Waals surface area contributed by atoms with E-state index in [1.807, 2.05) is 60.7 Å². The first kappa shape index (κ1) is 20.6. The van der Waals surface area contributed by atoms with Crippen LogP contribution in [0.1, 0.15) is 24.5 Å². The Morgan fingerprint density at radius 1 is 1.12 bits per heavy atom. The van der Waals surface area contributed by atoms with Crippen molar-refractivity contribution in [1.29, 1.82) is 0 Å². The largest absolute Gasteiger partial charge is 0.466 e. The molecule has 4 atom stereocenters. The second-order valence-electron chi connectivity index (χ2n) is 8.54. The zero-order valence-corrected chi connectivity index (χ0v) is 18.1. The van der Waals surface area contributed by atoms with E-state index in [1.54, 1.807) is 11.8 Å². The van der Waals surface area contributed by atoms with E-state index in [1.165, 1.54) is 7.11 Å². The predicted molar refractivity (Wildman–Crippen MR) is 119 cm³/mol. The summed E-state index contributed by atoms with van der Waals surface area (Å²) in [6.07, 6.45) is 2.34. The van der Waals surface area contributed by atoms with Crippen LogP contribution in [0, 0.1) is 17.8 Å². The van der Waals surface area contributed by atoms with Gasteiger partial charge in [0.25, 0.3) is 0 Å². The molecule has 6 nitrogen and oxygen atoms in total. The zero-order chi connectivity index (χ0) is 22.5. The van der Waals surface area contributed by atoms with E-state index < -0.39 is 29.1 Å². The molecule has 32 heavy (non-hydrogen) atoms. The number of esters is 1. The molecule has 1 aliphatic heterocycles. The summed E-state index contributed by atoms with van der Waals surface area (Å²) in [6.45, 7) is 2.01. The lowest BCUT2D eigenvalue weighted by atomic mass is 9.60. The van der Waals surface area contributed by atoms with E-state index in [4.69, 9.17) is 9.47 Å². The highest BCUT2D eigenvalue weighted by Crippen LogP contribution is 2.65. The summed E-state index contributed by atoms with van der Waals surface area (Å²) >= 11 is 0. The lowest BCUT2D eigenvalue weighted by Gasteiger charge is -2.39. The van der Waals surface area contributed by atoms with Gasteiger partial charge in [-0.3, -0.25) is 19.3 Å². The van der Waals surface area contributed by atoms with Gasteiger partial charge >= 0.3 is 5.97 Å². The molecule has 1 amide bonds. The maximum Gasteiger partial charge on any atom is 0.311 e. The Morgan fingerprint density at radius 3 is 2.56 bits per heavy atom. The molecule has 2 saturated carbocycles. The topological polar surface area (TPSA) is 72.9 Å². The van der Waals surface area contributed by atoms with Crippen LogP contribution < -0.4 is 4.90 Å². The lowest BCUT2D eigenvalue weighted by Crippen LogP contribution is -2.54. The van der Waals surface area contributed by atoms with Crippen molar-refractivity contribution in [3.05, 3.63) is 71.3 Å². The summed E-state index contributed by atoms with van der Waals surface area (Å²) in [6, 6.07) is 17.1. The fourth-order valence-electron chi connectivity index (χ4n) is 6.01. The van der Waals surface area contributed by atoms with E-state index in [0.29, 0.717) is 12.0 Å². The molecule has 3 aliphatic rings. The van der Waals surface area contributed by atoms with Crippen molar-refractivity contribution in [2.75, 3.05) is 25.3 Å². The van der Waals surface area contributed by atoms with Gasteiger partial charge in [0.15, 0.2) is 5.78 Å². The Hall–Kier alpha value is -3.25. The number of Topliss-reactive ketones (excluding diaryl/α,β-unsaturated/α-hetero) is 1. The van der Waals surface area contributed by atoms with Gasteiger partial charge in [-0.25, -0.2) is 0 Å². The fourth-order valence-corrected chi connectivity index (χ4v) is 6.01. The van der Waals surface area contributed by atoms with Crippen LogP contribution >= 0.6 is 0 Å². The van der Waals surface area contributed by atoms with Crippen molar-refractivity contribution in [2.24, 2.45) is 17.8 Å². The van der Waals surface area contributed by atoms with Gasteiger partial charge in [-0.2, -0.15) is 0 Å². The molecular formula is C26H25NO5. The first-order valence-corrected chi connectivity index (χ1v) is 10.9. The molecule has 0 aromatic heterocycles. The molecule has 164 valence electrons. The number of carbonyl (C=O) groups is 3. The van der Waals surface area contributed by atoms with Crippen molar-refractivity contribution >= 4 is 29.4 Å². The van der Waals surface area contributed by atoms with Crippen molar-refractivity contribution in [3.63, 3.8) is 0 Å². The number of benzene rings is 2. The van der Waals surface area contributed by atoms with E-state index in [0.717, 1.165) is 16.8 Å². The average molecular weight is 431 g/mol. The minimum absolute atomic E-state index is 0.0574. The number of carbonyl (C=O) groups excluding carboxylic acids is 3. The molecule has 2 bridgehead atoms. The van der Waals surface area contributed by atoms with Crippen LogP contribution in [0.25, 0.3) is 6.08 Å². The number of rotatable bonds is 5. The Morgan fingerprint density at radius 2 is 1.84 bits per heavy atom. The summed E-state index contributed by atoms with van der Waals surface area (Å²) < 4.78 is 10.7. The van der Waals surface area contributed by atoms with Crippen LogP contribution in [0.4, 0.5) is 5.69 Å². The smallest absolute Gasteiger partial charge is 0.311 e. The van der Waals surface area contributed by atoms with Crippen LogP contribution in [-0.2, 0) is 29.3 Å². The van der Waals surface area contributed by atoms with Crippen molar-refractivity contribution in [2.45, 2.75) is 18.8 Å². The number of anilines is 1. The minimum Gasteiger partial charge on any atom is -0.466 e. The minimum atomic E-state index is -1.17. The Balaban J connectivity index is 1.73. The third-order valence-corrected chi connectivity index (χ3v) is 7.09. The summed E-state index contributed by atoms with van der Waals surface area (Å²) in [5.41, 5.74) is 1.86. The number of amides is 1. The standard InChI is InChI=1S/C26H25NO5/c1-3-32-24(29)22-18-14-20(17(23(18)28)13-16-9-5-4-6-10-16)26(22)19-11-7-8-12-21(19)27(15-31-2)25(26)30/h4-13,18,20,22H,3,14-15H2,1-2H3/b17-13+/t18-,20-,22-,26+/m0/s1. The molecule has 2 aliphatic carbocycles. The summed E-state index contributed by atoms with van der Waals surface area (Å²) in [7, 11) is 1.54. The monoisotopic (exact) mass is 431 g/mol. The van der Waals surface area contributed by atoms with Gasteiger partial charge in [0.05, 0.1) is 23.6 Å². The molecule has 0 saturated heterocycles. The van der Waals surface area contributed by atoms with Crippen molar-refractivity contribution in [3.8, 4) is 0 Å². The predicted octanol–water partition coefficient (Wildman–Crippen LogP) is 3.36. The molecule has 2 fully saturated rings. The van der Waals surface area contributed by atoms with E-state index in [-0.39, 0.29) is 25.0 Å². The molecule has 1 spiro atoms. The normalized spacial score (nSPS) is 29.2. The number of methoxy groups -OCH3 is 1. The molecule has 6 heteroatoms. The highest BCUT2D eigenvalue weighted by molar-refractivity contribution is 6.17. The molecule has 2 aromatic carbocycles. The van der Waals surface area contributed by atoms with Crippen molar-refractivity contribution < 1.29 is 23.9 Å². The highest BCUT2D eigenvalue weighted by atomic mass is 16.5. The first-order chi connectivity index (χ1) is 15.6. The van der Waals surface area contributed by atoms with E-state index in [9.17, 15) is 14.4 Å². The maximum atomic E-state index is 14.1. The number of allylic oxidation sites excluding steroid dienone is 1. The van der Waals surface area contributed by atoms with Gasteiger partial charge in [-0.15, -0.1) is 0 Å². The third-order valence-electron chi connectivity index (χ3n) is 7.09. The molecule has 2 aromatic rings. The van der Waals surface area contributed by atoms with Gasteiger partial charge in [-0.1, -0.05) is 48.5 Å². The number of ether oxygens (including phenoxy) is 2. The molecule has 0 N–H and O–H groups in total. The van der Waals surface area contributed by atoms with Crippen LogP contribution in [-0.4, -0.2) is 38.1 Å². The average Bonchev–Trinajstić information content (AvgIpc) is 3.39. The maximum absolute atomic E-state index is 14.1. The number of para-hydroxylation sites is 1. The number of ketones is 1. The zero-order valence-electron chi connectivity index (χ0n) is 18.1. The lowest BCUT2D eigenvalue weighted by molar-refractivity contribution is -0.157. The summed E-state index contributed by atoms with van der Waals surface area (Å²) in [5, 5.41) is 0. The van der Waals surface area contributed by atoms with E-state index in [2.05, 4.69) is 0 Å². The van der Waals surface area contributed by atoms with Crippen LogP contribution in [0.5, 0.6) is 0 Å². The summed E-state index contributed by atoms with van der Waals surface area (Å²) in [5.74, 6) is -2.55. The SMILES string of the molecule is CCOC(=O)[C@@H]1[C@@H]2C[C@@H](/C(=C\c3ccccc3)C2=O)[C@@]12C(=O)N(COC)c1ccccc12. The highest BCUT2D eigenvalue weighted by Gasteiger charge is 2.73. The van der Waals surface area contributed by atoms with Gasteiger partial charge in [-0.05, 0) is 36.6 Å². The number of hydrogen-bond acceptors (Lipinski definition) is 5. The fraction of sp³-hybridized carbons (Fsp3) is 0.346. The molecular weight excluding hydrogens is 406 g/mol. The van der Waals surface area contributed by atoms with Crippen LogP contribution in [0.15, 0.2) is 60.2 Å². The number of hydrogen-bond donors (Lipinski definition) is 0. The first-order valence-electron chi connectivity index (χ1n) is 10.9. The van der Waals surface area contributed by atoms with Gasteiger partial charge in [0.1, 0.15) is 6.73 Å². The second kappa shape index (κ2) is 7.71. The molecule has 1 heterocycles. The van der Waals surface area contributed by atoms with Gasteiger partial charge < -0.3 is 9.47 Å². The Kier molecular flexibility index (Phi) is 4.97. The quantitative estimate of drug-likeness (QED) is 0.536. The Labute approximate surface area is 186 Å². The third kappa shape index (κ3) is 2.65. The molecule has 5 rings (SSSR count). The van der Waals surface area contributed by atoms with Crippen LogP contribution in [0.2, 0.25) is 0 Å². The number of fused-ring (bicyclic) bond motifs is 5.